The zero-order valence-electron chi connectivity index (χ0n) is 15.1. The lowest BCUT2D eigenvalue weighted by molar-refractivity contribution is 0.0697. The Morgan fingerprint density at radius 1 is 1.04 bits per heavy atom. The van der Waals surface area contributed by atoms with Crippen molar-refractivity contribution in [2.24, 2.45) is 0 Å². The van der Waals surface area contributed by atoms with Gasteiger partial charge < -0.3 is 25.4 Å². The van der Waals surface area contributed by atoms with E-state index in [2.05, 4.69) is 15.3 Å². The Kier molecular flexibility index (Phi) is 4.60. The molecule has 0 radical (unpaired) electrons. The van der Waals surface area contributed by atoms with Crippen LogP contribution in [0.15, 0.2) is 42.7 Å². The molecule has 0 unspecified atom stereocenters. The van der Waals surface area contributed by atoms with Crippen molar-refractivity contribution in [1.29, 1.82) is 0 Å². The third kappa shape index (κ3) is 3.62. The predicted molar refractivity (Wildman–Crippen MR) is 102 cm³/mol. The minimum Gasteiger partial charge on any atom is -0.508 e. The van der Waals surface area contributed by atoms with Crippen LogP contribution in [0, 0.1) is 0 Å². The summed E-state index contributed by atoms with van der Waals surface area (Å²) in [6.07, 6.45) is 2.86. The molecule has 0 spiro atoms. The Balaban J connectivity index is 1.35. The molecule has 1 fully saturated rings. The average molecular weight is 380 g/mol. The molecule has 144 valence electrons. The number of rotatable bonds is 3. The lowest BCUT2D eigenvalue weighted by Gasteiger charge is -2.32. The molecule has 8 heteroatoms. The zero-order valence-corrected chi connectivity index (χ0v) is 15.1. The number of phenols is 2. The van der Waals surface area contributed by atoms with Crippen LogP contribution in [-0.2, 0) is 0 Å². The summed E-state index contributed by atoms with van der Waals surface area (Å²) in [5.41, 5.74) is 2.42. The van der Waals surface area contributed by atoms with E-state index in [4.69, 9.17) is 0 Å². The SMILES string of the molecule is O=C(NC1CCN(C(=O)c2cc(O)cc(O)c2)CC1)c1ccc2nc[nH]c2c1. The fourth-order valence-electron chi connectivity index (χ4n) is 3.47. The zero-order chi connectivity index (χ0) is 19.7. The van der Waals surface area contributed by atoms with Crippen molar-refractivity contribution in [3.63, 3.8) is 0 Å². The van der Waals surface area contributed by atoms with E-state index >= 15 is 0 Å². The third-order valence-electron chi connectivity index (χ3n) is 4.95. The van der Waals surface area contributed by atoms with Gasteiger partial charge in [0.15, 0.2) is 0 Å². The molecule has 4 rings (SSSR count). The fraction of sp³-hybridized carbons (Fsp3) is 0.250. The van der Waals surface area contributed by atoms with Crippen LogP contribution in [-0.4, -0.2) is 56.0 Å². The van der Waals surface area contributed by atoms with Gasteiger partial charge in [-0.1, -0.05) is 0 Å². The number of fused-ring (bicyclic) bond motifs is 1. The van der Waals surface area contributed by atoms with Crippen molar-refractivity contribution in [1.82, 2.24) is 20.2 Å². The Hall–Kier alpha value is -3.55. The molecule has 3 aromatic rings. The maximum absolute atomic E-state index is 12.6. The number of carbonyl (C=O) groups excluding carboxylic acids is 2. The van der Waals surface area contributed by atoms with Crippen molar-refractivity contribution in [2.45, 2.75) is 18.9 Å². The third-order valence-corrected chi connectivity index (χ3v) is 4.95. The summed E-state index contributed by atoms with van der Waals surface area (Å²) in [5, 5.41) is 22.1. The minimum absolute atomic E-state index is 0.0217. The number of benzene rings is 2. The predicted octanol–water partition coefficient (Wildman–Crippen LogP) is 2.01. The summed E-state index contributed by atoms with van der Waals surface area (Å²) in [7, 11) is 0. The molecule has 0 atom stereocenters. The molecule has 4 N–H and O–H groups in total. The molecule has 28 heavy (non-hydrogen) atoms. The van der Waals surface area contributed by atoms with Gasteiger partial charge in [0.25, 0.3) is 11.8 Å². The van der Waals surface area contributed by atoms with Gasteiger partial charge in [-0.15, -0.1) is 0 Å². The standard InChI is InChI=1S/C20H20N4O4/c25-15-7-13(8-16(26)10-15)20(28)24-5-3-14(4-6-24)23-19(27)12-1-2-17-18(9-12)22-11-21-17/h1-2,7-11,14,25-26H,3-6H2,(H,21,22)(H,23,27). The number of imidazole rings is 1. The Bertz CT molecular complexity index is 1020. The molecule has 1 saturated heterocycles. The van der Waals surface area contributed by atoms with Gasteiger partial charge in [-0.3, -0.25) is 9.59 Å². The maximum Gasteiger partial charge on any atom is 0.254 e. The van der Waals surface area contributed by atoms with Gasteiger partial charge in [0.1, 0.15) is 11.5 Å². The number of aromatic amines is 1. The number of phenolic OH excluding ortho intramolecular Hbond substituents is 2. The Labute approximate surface area is 160 Å². The molecule has 0 aliphatic carbocycles. The highest BCUT2D eigenvalue weighted by molar-refractivity contribution is 5.97. The lowest BCUT2D eigenvalue weighted by Crippen LogP contribution is -2.46. The number of likely N-dealkylation sites (tertiary alicyclic amines) is 1. The number of aromatic nitrogens is 2. The molecule has 1 aromatic heterocycles. The Morgan fingerprint density at radius 3 is 2.46 bits per heavy atom. The first kappa shape index (κ1) is 17.8. The van der Waals surface area contributed by atoms with Gasteiger partial charge in [-0.2, -0.15) is 0 Å². The van der Waals surface area contributed by atoms with Gasteiger partial charge in [0.2, 0.25) is 0 Å². The van der Waals surface area contributed by atoms with Crippen molar-refractivity contribution in [2.75, 3.05) is 13.1 Å². The number of nitrogens with zero attached hydrogens (tertiary/aromatic N) is 2. The fourth-order valence-corrected chi connectivity index (χ4v) is 3.47. The molecule has 2 amide bonds. The maximum atomic E-state index is 12.6. The summed E-state index contributed by atoms with van der Waals surface area (Å²) in [6.45, 7) is 0.972. The van der Waals surface area contributed by atoms with E-state index in [0.717, 1.165) is 11.0 Å². The second-order valence-electron chi connectivity index (χ2n) is 6.91. The normalized spacial score (nSPS) is 14.9. The first-order valence-electron chi connectivity index (χ1n) is 9.06. The molecular weight excluding hydrogens is 360 g/mol. The molecule has 1 aliphatic rings. The lowest BCUT2D eigenvalue weighted by atomic mass is 10.0. The quantitative estimate of drug-likeness (QED) is 0.554. The first-order chi connectivity index (χ1) is 13.5. The average Bonchev–Trinajstić information content (AvgIpc) is 3.15. The van der Waals surface area contributed by atoms with Gasteiger partial charge in [-0.25, -0.2) is 4.98 Å². The molecule has 2 heterocycles. The number of hydrogen-bond acceptors (Lipinski definition) is 5. The van der Waals surface area contributed by atoms with E-state index in [9.17, 15) is 19.8 Å². The number of nitrogens with one attached hydrogen (secondary N) is 2. The van der Waals surface area contributed by atoms with Crippen LogP contribution in [0.25, 0.3) is 11.0 Å². The number of carbonyl (C=O) groups is 2. The van der Waals surface area contributed by atoms with Crippen LogP contribution < -0.4 is 5.32 Å². The highest BCUT2D eigenvalue weighted by Gasteiger charge is 2.25. The Morgan fingerprint density at radius 2 is 1.75 bits per heavy atom. The summed E-state index contributed by atoms with van der Waals surface area (Å²) in [4.78, 5) is 33.9. The topological polar surface area (TPSA) is 119 Å². The number of H-pyrrole nitrogens is 1. The van der Waals surface area contributed by atoms with Crippen LogP contribution in [0.1, 0.15) is 33.6 Å². The molecule has 0 saturated carbocycles. The molecular formula is C20H20N4O4. The number of piperidine rings is 1. The van der Waals surface area contributed by atoms with E-state index in [1.54, 1.807) is 29.4 Å². The largest absolute Gasteiger partial charge is 0.508 e. The number of amides is 2. The molecule has 8 nitrogen and oxygen atoms in total. The summed E-state index contributed by atoms with van der Waals surface area (Å²) in [5.74, 6) is -0.709. The highest BCUT2D eigenvalue weighted by atomic mass is 16.3. The minimum atomic E-state index is -0.249. The van der Waals surface area contributed by atoms with E-state index in [1.807, 2.05) is 0 Å². The molecule has 2 aromatic carbocycles. The van der Waals surface area contributed by atoms with Crippen molar-refractivity contribution < 1.29 is 19.8 Å². The van der Waals surface area contributed by atoms with Crippen LogP contribution in [0.5, 0.6) is 11.5 Å². The summed E-state index contributed by atoms with van der Waals surface area (Å²) < 4.78 is 0. The van der Waals surface area contributed by atoms with Gasteiger partial charge in [0.05, 0.1) is 17.4 Å². The number of hydrogen-bond donors (Lipinski definition) is 4. The van der Waals surface area contributed by atoms with E-state index in [1.165, 1.54) is 18.2 Å². The smallest absolute Gasteiger partial charge is 0.254 e. The van der Waals surface area contributed by atoms with Gasteiger partial charge in [0, 0.05) is 36.3 Å². The van der Waals surface area contributed by atoms with Crippen molar-refractivity contribution >= 4 is 22.8 Å². The second-order valence-corrected chi connectivity index (χ2v) is 6.91. The van der Waals surface area contributed by atoms with Crippen molar-refractivity contribution in [3.8, 4) is 11.5 Å². The molecule has 0 bridgehead atoms. The summed E-state index contributed by atoms with van der Waals surface area (Å²) in [6, 6.07) is 9.14. The monoisotopic (exact) mass is 380 g/mol. The summed E-state index contributed by atoms with van der Waals surface area (Å²) >= 11 is 0. The number of aromatic hydroxyl groups is 2. The molecule has 1 aliphatic heterocycles. The van der Waals surface area contributed by atoms with E-state index in [-0.39, 0.29) is 34.9 Å². The first-order valence-corrected chi connectivity index (χ1v) is 9.06. The highest BCUT2D eigenvalue weighted by Crippen LogP contribution is 2.23. The van der Waals surface area contributed by atoms with E-state index in [0.29, 0.717) is 31.5 Å². The van der Waals surface area contributed by atoms with Crippen LogP contribution >= 0.6 is 0 Å². The van der Waals surface area contributed by atoms with Gasteiger partial charge in [-0.05, 0) is 43.2 Å². The second kappa shape index (κ2) is 7.22. The van der Waals surface area contributed by atoms with Gasteiger partial charge >= 0.3 is 0 Å². The van der Waals surface area contributed by atoms with Crippen molar-refractivity contribution in [3.05, 3.63) is 53.9 Å². The van der Waals surface area contributed by atoms with E-state index < -0.39 is 0 Å². The van der Waals surface area contributed by atoms with Crippen LogP contribution in [0.3, 0.4) is 0 Å². The van der Waals surface area contributed by atoms with Crippen LogP contribution in [0.4, 0.5) is 0 Å². The van der Waals surface area contributed by atoms with Crippen LogP contribution in [0.2, 0.25) is 0 Å².